The van der Waals surface area contributed by atoms with Gasteiger partial charge in [-0.15, -0.1) is 11.3 Å². The van der Waals surface area contributed by atoms with Crippen molar-refractivity contribution in [2.24, 2.45) is 5.92 Å². The van der Waals surface area contributed by atoms with E-state index in [2.05, 4.69) is 15.6 Å². The Balaban J connectivity index is 1.39. The fraction of sp³-hybridized carbons (Fsp3) is 0.167. The van der Waals surface area contributed by atoms with E-state index in [1.165, 1.54) is 11.3 Å². The number of carbonyl (C=O) groups excluding carboxylic acids is 2. The van der Waals surface area contributed by atoms with Crippen molar-refractivity contribution in [3.8, 4) is 10.8 Å². The van der Waals surface area contributed by atoms with Crippen LogP contribution in [0.15, 0.2) is 52.5 Å². The Hall–Kier alpha value is -2.93. The SMILES string of the molecule is O=C(Nc1ccc(NC(=O)C2CC2)cc1)c1csc(-c2ccco2)n1. The third-order valence-electron chi connectivity index (χ3n) is 3.83. The summed E-state index contributed by atoms with van der Waals surface area (Å²) in [6.07, 6.45) is 3.50. The first-order chi connectivity index (χ1) is 12.2. The van der Waals surface area contributed by atoms with E-state index in [0.29, 0.717) is 22.1 Å². The molecule has 2 heterocycles. The molecule has 2 aromatic heterocycles. The molecule has 0 atom stereocenters. The van der Waals surface area contributed by atoms with Gasteiger partial charge in [-0.05, 0) is 49.2 Å². The van der Waals surface area contributed by atoms with Crippen LogP contribution >= 0.6 is 11.3 Å². The molecular formula is C18H15N3O3S. The van der Waals surface area contributed by atoms with Gasteiger partial charge in [-0.3, -0.25) is 9.59 Å². The summed E-state index contributed by atoms with van der Waals surface area (Å²) in [7, 11) is 0. The first kappa shape index (κ1) is 15.6. The van der Waals surface area contributed by atoms with Crippen molar-refractivity contribution >= 4 is 34.5 Å². The summed E-state index contributed by atoms with van der Waals surface area (Å²) in [5.74, 6) is 0.570. The third kappa shape index (κ3) is 3.61. The molecule has 0 aliphatic heterocycles. The van der Waals surface area contributed by atoms with Crippen molar-refractivity contribution < 1.29 is 14.0 Å². The average molecular weight is 353 g/mol. The molecule has 7 heteroatoms. The van der Waals surface area contributed by atoms with Crippen LogP contribution in [0.1, 0.15) is 23.3 Å². The van der Waals surface area contributed by atoms with E-state index < -0.39 is 0 Å². The number of benzene rings is 1. The standard InChI is InChI=1S/C18H15N3O3S/c22-16(11-3-4-11)19-12-5-7-13(8-6-12)20-17(23)14-10-25-18(21-14)15-2-1-9-24-15/h1-2,5-11H,3-4H2,(H,19,22)(H,20,23). The van der Waals surface area contributed by atoms with E-state index in [-0.39, 0.29) is 17.7 Å². The Morgan fingerprint density at radius 2 is 1.80 bits per heavy atom. The molecule has 1 fully saturated rings. The lowest BCUT2D eigenvalue weighted by molar-refractivity contribution is -0.117. The molecule has 0 unspecified atom stereocenters. The van der Waals surface area contributed by atoms with Gasteiger partial charge in [-0.1, -0.05) is 0 Å². The van der Waals surface area contributed by atoms with Crippen LogP contribution in [-0.4, -0.2) is 16.8 Å². The highest BCUT2D eigenvalue weighted by molar-refractivity contribution is 7.13. The highest BCUT2D eigenvalue weighted by atomic mass is 32.1. The molecule has 2 amide bonds. The van der Waals surface area contributed by atoms with Crippen LogP contribution in [0, 0.1) is 5.92 Å². The molecule has 1 aliphatic rings. The van der Waals surface area contributed by atoms with Gasteiger partial charge in [0.15, 0.2) is 10.8 Å². The fourth-order valence-corrected chi connectivity index (χ4v) is 3.08. The van der Waals surface area contributed by atoms with Gasteiger partial charge in [0.1, 0.15) is 5.69 Å². The van der Waals surface area contributed by atoms with E-state index in [0.717, 1.165) is 18.5 Å². The van der Waals surface area contributed by atoms with Gasteiger partial charge in [0.05, 0.1) is 6.26 Å². The highest BCUT2D eigenvalue weighted by Gasteiger charge is 2.29. The summed E-state index contributed by atoms with van der Waals surface area (Å²) in [6, 6.07) is 10.6. The van der Waals surface area contributed by atoms with Crippen LogP contribution in [0.3, 0.4) is 0 Å². The maximum absolute atomic E-state index is 12.3. The van der Waals surface area contributed by atoms with Crippen LogP contribution < -0.4 is 10.6 Å². The summed E-state index contributed by atoms with van der Waals surface area (Å²) in [6.45, 7) is 0. The van der Waals surface area contributed by atoms with Crippen molar-refractivity contribution in [1.29, 1.82) is 0 Å². The Kier molecular flexibility index (Phi) is 4.07. The van der Waals surface area contributed by atoms with Gasteiger partial charge in [0.25, 0.3) is 5.91 Å². The zero-order chi connectivity index (χ0) is 17.2. The Morgan fingerprint density at radius 1 is 1.08 bits per heavy atom. The van der Waals surface area contributed by atoms with Crippen LogP contribution in [0.4, 0.5) is 11.4 Å². The second-order valence-electron chi connectivity index (χ2n) is 5.81. The van der Waals surface area contributed by atoms with Gasteiger partial charge in [0, 0.05) is 22.7 Å². The molecule has 1 aromatic carbocycles. The number of furan rings is 1. The largest absolute Gasteiger partial charge is 0.462 e. The Morgan fingerprint density at radius 3 is 2.44 bits per heavy atom. The summed E-state index contributed by atoms with van der Waals surface area (Å²) in [4.78, 5) is 28.3. The lowest BCUT2D eigenvalue weighted by Gasteiger charge is -2.06. The van der Waals surface area contributed by atoms with Crippen LogP contribution in [-0.2, 0) is 4.79 Å². The number of rotatable bonds is 5. The minimum Gasteiger partial charge on any atom is -0.462 e. The van der Waals surface area contributed by atoms with Gasteiger partial charge in [0.2, 0.25) is 5.91 Å². The summed E-state index contributed by atoms with van der Waals surface area (Å²) in [5.41, 5.74) is 1.70. The first-order valence-electron chi connectivity index (χ1n) is 7.91. The number of nitrogens with zero attached hydrogens (tertiary/aromatic N) is 1. The number of anilines is 2. The molecule has 25 heavy (non-hydrogen) atoms. The summed E-state index contributed by atoms with van der Waals surface area (Å²) >= 11 is 1.35. The smallest absolute Gasteiger partial charge is 0.275 e. The second kappa shape index (κ2) is 6.52. The second-order valence-corrected chi connectivity index (χ2v) is 6.67. The zero-order valence-corrected chi connectivity index (χ0v) is 14.0. The van der Waals surface area contributed by atoms with Crippen LogP contribution in [0.2, 0.25) is 0 Å². The van der Waals surface area contributed by atoms with E-state index in [1.807, 2.05) is 0 Å². The molecule has 6 nitrogen and oxygen atoms in total. The molecule has 4 rings (SSSR count). The third-order valence-corrected chi connectivity index (χ3v) is 4.68. The normalized spacial score (nSPS) is 13.4. The van der Waals surface area contributed by atoms with E-state index >= 15 is 0 Å². The van der Waals surface area contributed by atoms with E-state index in [4.69, 9.17) is 4.42 Å². The fourth-order valence-electron chi connectivity index (χ4n) is 2.31. The lowest BCUT2D eigenvalue weighted by Crippen LogP contribution is -2.14. The van der Waals surface area contributed by atoms with Crippen molar-refractivity contribution in [3.63, 3.8) is 0 Å². The minimum absolute atomic E-state index is 0.0599. The Labute approximate surface area is 147 Å². The number of hydrogen-bond donors (Lipinski definition) is 2. The number of aromatic nitrogens is 1. The van der Waals surface area contributed by atoms with Gasteiger partial charge in [-0.25, -0.2) is 4.98 Å². The number of nitrogens with one attached hydrogen (secondary N) is 2. The molecule has 126 valence electrons. The first-order valence-corrected chi connectivity index (χ1v) is 8.79. The number of hydrogen-bond acceptors (Lipinski definition) is 5. The van der Waals surface area contributed by atoms with Crippen molar-refractivity contribution in [3.05, 3.63) is 53.7 Å². The molecule has 0 radical (unpaired) electrons. The van der Waals surface area contributed by atoms with E-state index in [1.54, 1.807) is 48.0 Å². The number of thiazole rings is 1. The van der Waals surface area contributed by atoms with Crippen molar-refractivity contribution in [2.75, 3.05) is 10.6 Å². The summed E-state index contributed by atoms with van der Waals surface area (Å²) in [5, 5.41) is 8.01. The van der Waals surface area contributed by atoms with Crippen LogP contribution in [0.25, 0.3) is 10.8 Å². The molecule has 1 saturated carbocycles. The van der Waals surface area contributed by atoms with Crippen molar-refractivity contribution in [1.82, 2.24) is 4.98 Å². The van der Waals surface area contributed by atoms with Gasteiger partial charge >= 0.3 is 0 Å². The molecule has 2 N–H and O–H groups in total. The lowest BCUT2D eigenvalue weighted by atomic mass is 10.2. The monoisotopic (exact) mass is 353 g/mol. The molecule has 0 spiro atoms. The molecule has 3 aromatic rings. The van der Waals surface area contributed by atoms with Crippen LogP contribution in [0.5, 0.6) is 0 Å². The predicted molar refractivity (Wildman–Crippen MR) is 95.6 cm³/mol. The molecule has 1 aliphatic carbocycles. The molecule has 0 bridgehead atoms. The maximum atomic E-state index is 12.3. The Bertz CT molecular complexity index is 896. The summed E-state index contributed by atoms with van der Waals surface area (Å²) < 4.78 is 5.28. The van der Waals surface area contributed by atoms with E-state index in [9.17, 15) is 9.59 Å². The maximum Gasteiger partial charge on any atom is 0.275 e. The number of carbonyl (C=O) groups is 2. The number of amides is 2. The molecule has 0 saturated heterocycles. The van der Waals surface area contributed by atoms with Gasteiger partial charge in [-0.2, -0.15) is 0 Å². The predicted octanol–water partition coefficient (Wildman–Crippen LogP) is 4.00. The van der Waals surface area contributed by atoms with Crippen molar-refractivity contribution in [2.45, 2.75) is 12.8 Å². The topological polar surface area (TPSA) is 84.2 Å². The molecular weight excluding hydrogens is 338 g/mol. The zero-order valence-electron chi connectivity index (χ0n) is 13.2. The highest BCUT2D eigenvalue weighted by Crippen LogP contribution is 2.30. The average Bonchev–Trinajstić information content (AvgIpc) is 3.11. The minimum atomic E-state index is -0.288. The van der Waals surface area contributed by atoms with Gasteiger partial charge < -0.3 is 15.1 Å². The quantitative estimate of drug-likeness (QED) is 0.726.